The van der Waals surface area contributed by atoms with Gasteiger partial charge in [0.25, 0.3) is 0 Å². The zero-order valence-corrected chi connectivity index (χ0v) is 22.8. The summed E-state index contributed by atoms with van der Waals surface area (Å²) in [4.78, 5) is 35.6. The predicted molar refractivity (Wildman–Crippen MR) is 149 cm³/mol. The zero-order valence-electron chi connectivity index (χ0n) is 22.8. The number of likely N-dealkylation sites (tertiary alicyclic amines) is 1. The summed E-state index contributed by atoms with van der Waals surface area (Å²) < 4.78 is 12.2. The van der Waals surface area contributed by atoms with Crippen molar-refractivity contribution in [2.75, 3.05) is 33.0 Å². The summed E-state index contributed by atoms with van der Waals surface area (Å²) in [5.41, 5.74) is 10.4. The first-order valence-corrected chi connectivity index (χ1v) is 12.9. The number of nitrogens with zero attached hydrogens (tertiary/aromatic N) is 5. The first kappa shape index (κ1) is 27.6. The Kier molecular flexibility index (Phi) is 8.75. The van der Waals surface area contributed by atoms with Gasteiger partial charge in [0.15, 0.2) is 17.8 Å². The molecular weight excluding hydrogens is 496 g/mol. The number of anilines is 1. The molecule has 1 fully saturated rings. The number of nitrogens with two attached hydrogens (primary N) is 1. The van der Waals surface area contributed by atoms with E-state index in [0.29, 0.717) is 60.7 Å². The fourth-order valence-corrected chi connectivity index (χ4v) is 4.71. The van der Waals surface area contributed by atoms with Gasteiger partial charge in [-0.3, -0.25) is 24.2 Å². The molecule has 2 N–H and O–H groups in total. The van der Waals surface area contributed by atoms with Crippen LogP contribution in [0.2, 0.25) is 0 Å². The number of carbonyl (C=O) groups excluding carboxylic acids is 2. The molecule has 204 valence electrons. The highest BCUT2D eigenvalue weighted by Crippen LogP contribution is 2.33. The molecule has 2 aromatic heterocycles. The molecule has 4 rings (SSSR count). The maximum Gasteiger partial charge on any atom is 0.222 e. The largest absolute Gasteiger partial charge is 0.493 e. The van der Waals surface area contributed by atoms with Gasteiger partial charge in [-0.2, -0.15) is 5.10 Å². The lowest BCUT2D eigenvalue weighted by Crippen LogP contribution is -2.37. The second-order valence-electron chi connectivity index (χ2n) is 9.29. The van der Waals surface area contributed by atoms with Crippen molar-refractivity contribution in [2.45, 2.75) is 32.1 Å². The Morgan fingerprint density at radius 2 is 1.69 bits per heavy atom. The number of benzene rings is 1. The number of pyridine rings is 1. The van der Waals surface area contributed by atoms with Crippen molar-refractivity contribution >= 4 is 18.0 Å². The van der Waals surface area contributed by atoms with Gasteiger partial charge in [-0.15, -0.1) is 0 Å². The third kappa shape index (κ3) is 6.00. The summed E-state index contributed by atoms with van der Waals surface area (Å²) in [6.07, 6.45) is 7.72. The average molecular weight is 531 g/mol. The number of amides is 1. The Morgan fingerprint density at radius 3 is 2.31 bits per heavy atom. The lowest BCUT2D eigenvalue weighted by molar-refractivity contribution is -0.131. The molecule has 10 heteroatoms. The van der Waals surface area contributed by atoms with Gasteiger partial charge >= 0.3 is 0 Å². The number of hydrogen-bond acceptors (Lipinski definition) is 8. The predicted octanol–water partition coefficient (Wildman–Crippen LogP) is 4.20. The minimum Gasteiger partial charge on any atom is -0.493 e. The van der Waals surface area contributed by atoms with Crippen LogP contribution in [0.3, 0.4) is 0 Å². The third-order valence-corrected chi connectivity index (χ3v) is 7.04. The molecule has 0 atom stereocenters. The Balaban J connectivity index is 1.71. The second kappa shape index (κ2) is 12.4. The summed E-state index contributed by atoms with van der Waals surface area (Å²) in [5, 5.41) is 4.44. The lowest BCUT2D eigenvalue weighted by atomic mass is 9.90. The van der Waals surface area contributed by atoms with Gasteiger partial charge in [-0.25, -0.2) is 0 Å². The highest BCUT2D eigenvalue weighted by Gasteiger charge is 2.26. The van der Waals surface area contributed by atoms with Gasteiger partial charge in [-0.05, 0) is 37.1 Å². The smallest absolute Gasteiger partial charge is 0.222 e. The lowest BCUT2D eigenvalue weighted by Gasteiger charge is -2.31. The Labute approximate surface area is 228 Å². The van der Waals surface area contributed by atoms with Crippen LogP contribution in [0, 0.1) is 0 Å². The number of nitrogen functional groups attached to an aromatic ring is 1. The van der Waals surface area contributed by atoms with Crippen LogP contribution in [-0.4, -0.2) is 64.2 Å². The summed E-state index contributed by atoms with van der Waals surface area (Å²) in [5.74, 6) is 1.61. The fraction of sp³-hybridized carbons (Fsp3) is 0.345. The van der Waals surface area contributed by atoms with Gasteiger partial charge < -0.3 is 20.1 Å². The molecule has 1 amide bonds. The van der Waals surface area contributed by atoms with Crippen molar-refractivity contribution in [3.8, 4) is 33.9 Å². The minimum atomic E-state index is -0.0146. The molecule has 0 bridgehead atoms. The van der Waals surface area contributed by atoms with Crippen LogP contribution in [0.25, 0.3) is 22.4 Å². The van der Waals surface area contributed by atoms with Crippen LogP contribution < -0.4 is 15.2 Å². The van der Waals surface area contributed by atoms with E-state index in [2.05, 4.69) is 10.1 Å². The highest BCUT2D eigenvalue weighted by atomic mass is 16.5. The maximum absolute atomic E-state index is 12.2. The van der Waals surface area contributed by atoms with Crippen LogP contribution in [0.4, 0.5) is 5.82 Å². The zero-order chi connectivity index (χ0) is 27.9. The quantitative estimate of drug-likeness (QED) is 0.451. The van der Waals surface area contributed by atoms with Gasteiger partial charge in [-0.1, -0.05) is 13.0 Å². The average Bonchev–Trinajstić information content (AvgIpc) is 3.04. The molecule has 1 aliphatic rings. The fourth-order valence-electron chi connectivity index (χ4n) is 4.71. The van der Waals surface area contributed by atoms with Crippen LogP contribution >= 0.6 is 0 Å². The molecule has 3 aromatic rings. The van der Waals surface area contributed by atoms with Crippen LogP contribution in [-0.2, 0) is 11.8 Å². The Morgan fingerprint density at radius 1 is 1.00 bits per heavy atom. The van der Waals surface area contributed by atoms with Crippen molar-refractivity contribution in [3.05, 3.63) is 60.2 Å². The highest BCUT2D eigenvalue weighted by molar-refractivity contribution is 5.83. The second-order valence-corrected chi connectivity index (χ2v) is 9.29. The molecule has 10 nitrogen and oxygen atoms in total. The first-order chi connectivity index (χ1) is 18.9. The number of piperidine rings is 1. The summed E-state index contributed by atoms with van der Waals surface area (Å²) in [6.45, 7) is 3.10. The molecular formula is C29H34N6O4. The topological polar surface area (TPSA) is 125 Å². The van der Waals surface area contributed by atoms with E-state index in [-0.39, 0.29) is 17.6 Å². The SMILES string of the molecule is CCC(=O)N1CCC(c2ncc(-c3ccc(-c4ccc(OC)c(OC)c4)nc3)cnn(C)c(N)c2C=O)CC1. The van der Waals surface area contributed by atoms with Gasteiger partial charge in [0.1, 0.15) is 5.82 Å². The van der Waals surface area contributed by atoms with Crippen molar-refractivity contribution in [2.24, 2.45) is 7.05 Å². The molecule has 1 saturated heterocycles. The van der Waals surface area contributed by atoms with E-state index in [9.17, 15) is 9.59 Å². The van der Waals surface area contributed by atoms with Crippen LogP contribution in [0.15, 0.2) is 48.9 Å². The molecule has 39 heavy (non-hydrogen) atoms. The van der Waals surface area contributed by atoms with E-state index in [1.165, 1.54) is 4.68 Å². The third-order valence-electron chi connectivity index (χ3n) is 7.04. The van der Waals surface area contributed by atoms with E-state index in [4.69, 9.17) is 20.2 Å². The van der Waals surface area contributed by atoms with Crippen molar-refractivity contribution < 1.29 is 19.1 Å². The van der Waals surface area contributed by atoms with E-state index in [1.807, 2.05) is 42.2 Å². The summed E-state index contributed by atoms with van der Waals surface area (Å²) in [6, 6.07) is 9.49. The number of ether oxygens (including phenoxy) is 2. The normalized spacial score (nSPS) is 13.5. The number of aldehydes is 1. The molecule has 1 aromatic carbocycles. The maximum atomic E-state index is 12.2. The van der Waals surface area contributed by atoms with Gasteiger partial charge in [0.05, 0.1) is 37.4 Å². The molecule has 3 heterocycles. The van der Waals surface area contributed by atoms with E-state index >= 15 is 0 Å². The van der Waals surface area contributed by atoms with Crippen molar-refractivity contribution in [3.63, 3.8) is 0 Å². The molecule has 1 aliphatic heterocycles. The van der Waals surface area contributed by atoms with Crippen LogP contribution in [0.1, 0.15) is 48.2 Å². The standard InChI is InChI=1S/C29H34N6O4/c1-5-27(37)35-12-10-19(11-13-35)28-23(18-36)29(30)34(2)33-17-22(16-32-28)21-6-8-24(31-15-21)20-7-9-25(38-3)26(14-20)39-4/h6-9,14-19H,5,10-13,30H2,1-4H3. The van der Waals surface area contributed by atoms with Crippen molar-refractivity contribution in [1.82, 2.24) is 24.6 Å². The number of aryl methyl sites for hydroxylation is 1. The number of methoxy groups -OCH3 is 2. The number of aromatic nitrogens is 4. The van der Waals surface area contributed by atoms with E-state index in [1.54, 1.807) is 39.9 Å². The molecule has 0 unspecified atom stereocenters. The number of rotatable bonds is 7. The minimum absolute atomic E-state index is 0.0146. The summed E-state index contributed by atoms with van der Waals surface area (Å²) in [7, 11) is 4.88. The monoisotopic (exact) mass is 530 g/mol. The van der Waals surface area contributed by atoms with E-state index < -0.39 is 0 Å². The first-order valence-electron chi connectivity index (χ1n) is 12.9. The van der Waals surface area contributed by atoms with Crippen LogP contribution in [0.5, 0.6) is 11.5 Å². The number of hydrogen-bond donors (Lipinski definition) is 1. The molecule has 0 aliphatic carbocycles. The van der Waals surface area contributed by atoms with E-state index in [0.717, 1.165) is 23.1 Å². The molecule has 0 spiro atoms. The Hall–Kier alpha value is -4.47. The van der Waals surface area contributed by atoms with Gasteiger partial charge in [0, 0.05) is 61.6 Å². The van der Waals surface area contributed by atoms with Crippen molar-refractivity contribution in [1.29, 1.82) is 0 Å². The number of carbonyl (C=O) groups is 2. The van der Waals surface area contributed by atoms with Gasteiger partial charge in [0.2, 0.25) is 5.91 Å². The molecule has 0 saturated carbocycles. The summed E-state index contributed by atoms with van der Waals surface area (Å²) >= 11 is 0. The molecule has 0 radical (unpaired) electrons. The Bertz CT molecular complexity index is 1390.